The molecule has 6 aromatic heterocycles. The largest absolute Gasteiger partial charge is 0.328 e. The first-order valence-electron chi connectivity index (χ1n) is 37.3. The smallest absolute Gasteiger partial charge is 0.129 e. The van der Waals surface area contributed by atoms with E-state index >= 15 is 0 Å². The third-order valence-electron chi connectivity index (χ3n) is 18.9. The van der Waals surface area contributed by atoms with Gasteiger partial charge in [0.15, 0.2) is 0 Å². The van der Waals surface area contributed by atoms with Gasteiger partial charge in [0.05, 0.1) is 72.7 Å². The van der Waals surface area contributed by atoms with Gasteiger partial charge in [-0.3, -0.25) is 0 Å². The van der Waals surface area contributed by atoms with Crippen molar-refractivity contribution in [2.24, 2.45) is 0 Å². The number of imidazole rings is 6. The number of rotatable bonds is 26. The number of hydrogen-bond donors (Lipinski definition) is 1. The summed E-state index contributed by atoms with van der Waals surface area (Å²) in [4.78, 5) is 93.2. The Bertz CT molecular complexity index is 4970. The highest BCUT2D eigenvalue weighted by Crippen LogP contribution is 2.26. The summed E-state index contributed by atoms with van der Waals surface area (Å²) in [7, 11) is 1.85. The summed E-state index contributed by atoms with van der Waals surface area (Å²) in [5, 5.41) is 3.06. The average Bonchev–Trinajstić information content (AvgIpc) is 1.69. The van der Waals surface area contributed by atoms with Gasteiger partial charge in [0, 0.05) is 83.9 Å². The molecular formula is C86H112FN13O6. The number of aromatic nitrogens is 12. The summed E-state index contributed by atoms with van der Waals surface area (Å²) in [6.45, 7) is 40.3. The van der Waals surface area contributed by atoms with E-state index in [4.69, 9.17) is 0 Å². The van der Waals surface area contributed by atoms with Gasteiger partial charge in [-0.1, -0.05) is 30.3 Å². The van der Waals surface area contributed by atoms with Crippen LogP contribution < -0.4 is 5.32 Å². The fourth-order valence-electron chi connectivity index (χ4n) is 13.3. The Kier molecular flexibility index (Phi) is 31.0. The molecule has 6 aromatic carbocycles. The highest BCUT2D eigenvalue weighted by molar-refractivity contribution is 5.84. The van der Waals surface area contributed by atoms with Crippen molar-refractivity contribution in [3.8, 4) is 0 Å². The Morgan fingerprint density at radius 2 is 0.670 bits per heavy atom. The molecule has 564 valence electrons. The summed E-state index contributed by atoms with van der Waals surface area (Å²) < 4.78 is 26.3. The number of fused-ring (bicyclic) bond motifs is 6. The molecule has 0 atom stereocenters. The van der Waals surface area contributed by atoms with Crippen LogP contribution in [0.2, 0.25) is 0 Å². The van der Waals surface area contributed by atoms with Crippen LogP contribution in [-0.4, -0.2) is 99.1 Å². The number of aryl methyl sites for hydroxylation is 18. The lowest BCUT2D eigenvalue weighted by Crippen LogP contribution is -2.13. The molecule has 0 fully saturated rings. The van der Waals surface area contributed by atoms with Crippen LogP contribution in [0.25, 0.3) is 66.2 Å². The second kappa shape index (κ2) is 39.4. The maximum absolute atomic E-state index is 13.2. The van der Waals surface area contributed by atoms with Gasteiger partial charge in [0.1, 0.15) is 75.5 Å². The van der Waals surface area contributed by atoms with Gasteiger partial charge >= 0.3 is 0 Å². The van der Waals surface area contributed by atoms with Crippen LogP contribution in [0, 0.1) is 88.9 Å². The maximum Gasteiger partial charge on any atom is 0.129 e. The van der Waals surface area contributed by atoms with Gasteiger partial charge in [-0.15, -0.1) is 0 Å². The van der Waals surface area contributed by atoms with E-state index in [9.17, 15) is 33.2 Å². The highest BCUT2D eigenvalue weighted by Gasteiger charge is 2.16. The maximum atomic E-state index is 13.2. The van der Waals surface area contributed by atoms with Crippen molar-refractivity contribution < 1.29 is 33.2 Å². The van der Waals surface area contributed by atoms with E-state index in [0.717, 1.165) is 157 Å². The van der Waals surface area contributed by atoms with Crippen LogP contribution in [-0.2, 0) is 74.6 Å². The van der Waals surface area contributed by atoms with Gasteiger partial charge in [-0.2, -0.15) is 0 Å². The lowest BCUT2D eigenvalue weighted by atomic mass is 10.1. The normalized spacial score (nSPS) is 11.1. The Morgan fingerprint density at radius 3 is 1.10 bits per heavy atom. The zero-order chi connectivity index (χ0) is 77.6. The quantitative estimate of drug-likeness (QED) is 0.0534. The van der Waals surface area contributed by atoms with E-state index in [0.29, 0.717) is 50.6 Å². The van der Waals surface area contributed by atoms with Crippen molar-refractivity contribution in [3.05, 3.63) is 177 Å². The summed E-state index contributed by atoms with van der Waals surface area (Å²) in [5.41, 5.74) is 21.4. The van der Waals surface area contributed by atoms with Gasteiger partial charge in [-0.25, -0.2) is 34.3 Å². The first-order valence-corrected chi connectivity index (χ1v) is 37.3. The monoisotopic (exact) mass is 1440 g/mol. The standard InChI is InChI=1S/2C15H20N2O.C14H18FN3O.3C14H18N2O/c1-10-8-14-15(9-11(10)2)17(13(4)16-14)7-5-6-12(3)18;1-10-8-11(2)15-14(9-10)17(13(4)16-15)7-5-6-12(3)18;1-10(19)4-3-7-18-13-6-5-11(15)8-12(13)17-14(18)9-16-2;1-10-6-4-8-13-14(10)15-12(3)16(13)9-5-7-11(2)17;2*1-10-6-7-14-13(9-10)15-12(3)16(14)8-4-5-11(2)17/h2*8-9H,5-7H2,1-4H3;5-6,8,16H,3-4,7,9H2,1-2H3;4,6,8H,5,7,9H2,1-3H3;2*6-7,9H,4-5,8H2,1-3H3. The molecule has 0 radical (unpaired) electrons. The number of Topliss-reactive ketones (excluding diaryl/α,β-unsaturated/α-hetero) is 6. The van der Waals surface area contributed by atoms with Crippen molar-refractivity contribution >= 4 is 101 Å². The molecule has 20 heteroatoms. The number of ketones is 6. The number of halogens is 1. The summed E-state index contributed by atoms with van der Waals surface area (Å²) in [6.07, 6.45) is 8.97. The molecule has 0 spiro atoms. The predicted octanol–water partition coefficient (Wildman–Crippen LogP) is 18.0. The van der Waals surface area contributed by atoms with Gasteiger partial charge in [0.2, 0.25) is 0 Å². The molecule has 0 unspecified atom stereocenters. The highest BCUT2D eigenvalue weighted by atomic mass is 19.1. The molecule has 12 rings (SSSR count). The molecule has 1 N–H and O–H groups in total. The van der Waals surface area contributed by atoms with E-state index in [2.05, 4.69) is 185 Å². The van der Waals surface area contributed by atoms with E-state index in [-0.39, 0.29) is 40.5 Å². The topological polar surface area (TPSA) is 221 Å². The Morgan fingerprint density at radius 1 is 0.321 bits per heavy atom. The molecule has 0 aliphatic carbocycles. The molecule has 19 nitrogen and oxygen atoms in total. The lowest BCUT2D eigenvalue weighted by Gasteiger charge is -2.08. The number of nitrogens with one attached hydrogen (secondary N) is 1. The predicted molar refractivity (Wildman–Crippen MR) is 427 cm³/mol. The van der Waals surface area contributed by atoms with Crippen molar-refractivity contribution in [1.29, 1.82) is 0 Å². The Hall–Kier alpha value is -9.95. The van der Waals surface area contributed by atoms with Gasteiger partial charge < -0.3 is 61.5 Å². The van der Waals surface area contributed by atoms with Crippen molar-refractivity contribution in [2.45, 2.75) is 247 Å². The van der Waals surface area contributed by atoms with Crippen molar-refractivity contribution in [3.63, 3.8) is 0 Å². The first-order chi connectivity index (χ1) is 50.3. The Balaban J connectivity index is 0.000000178. The van der Waals surface area contributed by atoms with Crippen molar-refractivity contribution in [1.82, 2.24) is 62.6 Å². The Labute approximate surface area is 624 Å². The second-order valence-corrected chi connectivity index (χ2v) is 28.5. The van der Waals surface area contributed by atoms with E-state index in [1.165, 1.54) is 67.6 Å². The average molecular weight is 1440 g/mol. The molecule has 0 aliphatic heterocycles. The van der Waals surface area contributed by atoms with Crippen LogP contribution in [0.15, 0.2) is 97.1 Å². The lowest BCUT2D eigenvalue weighted by molar-refractivity contribution is -0.118. The van der Waals surface area contributed by atoms with Gasteiger partial charge in [-0.05, 0) is 270 Å². The third-order valence-corrected chi connectivity index (χ3v) is 18.9. The number of nitrogens with zero attached hydrogens (tertiary/aromatic N) is 12. The molecule has 0 amide bonds. The van der Waals surface area contributed by atoms with Crippen LogP contribution in [0.1, 0.15) is 192 Å². The van der Waals surface area contributed by atoms with Gasteiger partial charge in [0.25, 0.3) is 0 Å². The molecule has 0 aliphatic rings. The molecule has 12 aromatic rings. The minimum atomic E-state index is -0.281. The van der Waals surface area contributed by atoms with E-state index < -0.39 is 0 Å². The van der Waals surface area contributed by atoms with E-state index in [1.54, 1.807) is 47.6 Å². The van der Waals surface area contributed by atoms with Crippen LogP contribution in [0.5, 0.6) is 0 Å². The third kappa shape index (κ3) is 23.5. The fourth-order valence-corrected chi connectivity index (χ4v) is 13.3. The number of hydrogen-bond acceptors (Lipinski definition) is 13. The number of benzene rings is 6. The number of carbonyl (C=O) groups excluding carboxylic acids is 6. The van der Waals surface area contributed by atoms with Crippen LogP contribution in [0.3, 0.4) is 0 Å². The number of para-hydroxylation sites is 1. The molecule has 106 heavy (non-hydrogen) atoms. The molecule has 0 saturated carbocycles. The molecule has 0 bridgehead atoms. The minimum absolute atomic E-state index is 0.186. The molecule has 0 saturated heterocycles. The zero-order valence-electron chi connectivity index (χ0n) is 66.4. The first kappa shape index (κ1) is 83.3. The fraction of sp³-hybridized carbons (Fsp3) is 0.442. The summed E-state index contributed by atoms with van der Waals surface area (Å²) in [5.74, 6) is 7.17. The molecular weight excluding hydrogens is 1330 g/mol. The minimum Gasteiger partial charge on any atom is -0.328 e. The zero-order valence-corrected chi connectivity index (χ0v) is 66.4. The number of carbonyl (C=O) groups is 6. The summed E-state index contributed by atoms with van der Waals surface area (Å²) in [6, 6.07) is 32.1. The molecule has 6 heterocycles. The van der Waals surface area contributed by atoms with E-state index in [1.807, 2.05) is 46.2 Å². The SMILES string of the molecule is CC(=O)CCCn1c(C)nc2c(C)cc(C)cc21.CC(=O)CCCn1c(C)nc2c(C)cccc21.CC(=O)CCCn1c(C)nc2cc(C)c(C)cc21.CC(=O)CCCn1c(C)nc2cc(C)ccc21.CC(=O)CCCn1c(C)nc2cc(C)ccc21.CNCc1nc2cc(F)ccc2n1CCCC(C)=O. The van der Waals surface area contributed by atoms with Crippen molar-refractivity contribution in [2.75, 3.05) is 7.05 Å². The van der Waals surface area contributed by atoms with Crippen LogP contribution >= 0.6 is 0 Å². The van der Waals surface area contributed by atoms with Crippen LogP contribution in [0.4, 0.5) is 4.39 Å². The summed E-state index contributed by atoms with van der Waals surface area (Å²) >= 11 is 0. The second-order valence-electron chi connectivity index (χ2n) is 28.5.